The Bertz CT molecular complexity index is 831. The molecule has 1 aromatic carbocycles. The number of hydrogen-bond donors (Lipinski definition) is 1. The van der Waals surface area contributed by atoms with Crippen molar-refractivity contribution in [2.75, 3.05) is 18.0 Å². The third-order valence-corrected chi connectivity index (χ3v) is 4.67. The minimum Gasteiger partial charge on any atom is -0.444 e. The fourth-order valence-corrected chi connectivity index (χ4v) is 3.26. The summed E-state index contributed by atoms with van der Waals surface area (Å²) in [5, 5.41) is 12.1. The lowest BCUT2D eigenvalue weighted by molar-refractivity contribution is 0.417. The number of nitrogens with zero attached hydrogens (tertiary/aromatic N) is 4. The second-order valence-corrected chi connectivity index (χ2v) is 6.71. The standard InChI is InChI=1S/C20H23N5O/c1-15-9-10-19(24-23-15)25-11-5-8-17(13-25)21-12-18-14-26-20(22-18)16-6-3-2-4-7-16/h2-4,6-7,9-10,14,17,21H,5,8,11-13H2,1H3/t17-/m1/s1. The van der Waals surface area contributed by atoms with E-state index in [0.717, 1.165) is 48.7 Å². The molecule has 1 aliphatic heterocycles. The molecule has 134 valence electrons. The molecule has 3 aromatic rings. The van der Waals surface area contributed by atoms with Gasteiger partial charge in [0.2, 0.25) is 5.89 Å². The van der Waals surface area contributed by atoms with Crippen LogP contribution in [-0.4, -0.2) is 34.3 Å². The lowest BCUT2D eigenvalue weighted by atomic mass is 10.1. The molecule has 1 saturated heterocycles. The summed E-state index contributed by atoms with van der Waals surface area (Å²) in [7, 11) is 0. The Morgan fingerprint density at radius 3 is 2.85 bits per heavy atom. The van der Waals surface area contributed by atoms with Gasteiger partial charge in [-0.05, 0) is 44.0 Å². The van der Waals surface area contributed by atoms with E-state index in [-0.39, 0.29) is 0 Å². The molecule has 0 aliphatic carbocycles. The van der Waals surface area contributed by atoms with Crippen LogP contribution in [0, 0.1) is 6.92 Å². The van der Waals surface area contributed by atoms with Gasteiger partial charge in [0.15, 0.2) is 5.82 Å². The van der Waals surface area contributed by atoms with E-state index >= 15 is 0 Å². The number of rotatable bonds is 5. The number of hydrogen-bond acceptors (Lipinski definition) is 6. The summed E-state index contributed by atoms with van der Waals surface area (Å²) in [6.07, 6.45) is 4.03. The van der Waals surface area contributed by atoms with Crippen LogP contribution in [0.15, 0.2) is 53.1 Å². The van der Waals surface area contributed by atoms with Crippen LogP contribution in [0.4, 0.5) is 5.82 Å². The second kappa shape index (κ2) is 7.66. The highest BCUT2D eigenvalue weighted by molar-refractivity contribution is 5.52. The van der Waals surface area contributed by atoms with Crippen LogP contribution in [0.1, 0.15) is 24.2 Å². The van der Waals surface area contributed by atoms with Crippen molar-refractivity contribution in [2.45, 2.75) is 32.4 Å². The molecule has 0 unspecified atom stereocenters. The van der Waals surface area contributed by atoms with Crippen LogP contribution in [0.3, 0.4) is 0 Å². The van der Waals surface area contributed by atoms with Gasteiger partial charge in [-0.15, -0.1) is 5.10 Å². The Hall–Kier alpha value is -2.73. The van der Waals surface area contributed by atoms with Gasteiger partial charge < -0.3 is 14.6 Å². The molecule has 4 rings (SSSR count). The van der Waals surface area contributed by atoms with Crippen LogP contribution in [0.5, 0.6) is 0 Å². The first kappa shape index (κ1) is 16.7. The molecule has 0 amide bonds. The third kappa shape index (κ3) is 3.91. The number of aryl methyl sites for hydroxylation is 1. The number of anilines is 1. The van der Waals surface area contributed by atoms with E-state index in [9.17, 15) is 0 Å². The molecule has 26 heavy (non-hydrogen) atoms. The van der Waals surface area contributed by atoms with Crippen LogP contribution >= 0.6 is 0 Å². The zero-order chi connectivity index (χ0) is 17.8. The molecule has 3 heterocycles. The maximum absolute atomic E-state index is 5.61. The first-order valence-electron chi connectivity index (χ1n) is 9.06. The number of aromatic nitrogens is 3. The van der Waals surface area contributed by atoms with E-state index in [1.165, 1.54) is 0 Å². The molecule has 6 heteroatoms. The first-order valence-corrected chi connectivity index (χ1v) is 9.06. The van der Waals surface area contributed by atoms with Crippen molar-refractivity contribution in [3.05, 3.63) is 60.1 Å². The highest BCUT2D eigenvalue weighted by Crippen LogP contribution is 2.19. The molecule has 0 radical (unpaired) electrons. The summed E-state index contributed by atoms with van der Waals surface area (Å²) < 4.78 is 5.61. The van der Waals surface area contributed by atoms with Crippen LogP contribution in [0.25, 0.3) is 11.5 Å². The molecule has 1 fully saturated rings. The zero-order valence-electron chi connectivity index (χ0n) is 14.9. The Morgan fingerprint density at radius 1 is 1.15 bits per heavy atom. The molecule has 1 N–H and O–H groups in total. The van der Waals surface area contributed by atoms with E-state index in [4.69, 9.17) is 4.42 Å². The van der Waals surface area contributed by atoms with E-state index in [2.05, 4.69) is 31.5 Å². The second-order valence-electron chi connectivity index (χ2n) is 6.71. The summed E-state index contributed by atoms with van der Waals surface area (Å²) >= 11 is 0. The van der Waals surface area contributed by atoms with E-state index < -0.39 is 0 Å². The molecular weight excluding hydrogens is 326 g/mol. The normalized spacial score (nSPS) is 17.4. The van der Waals surface area contributed by atoms with E-state index in [1.807, 2.05) is 43.3 Å². The van der Waals surface area contributed by atoms with Crippen LogP contribution in [-0.2, 0) is 6.54 Å². The summed E-state index contributed by atoms with van der Waals surface area (Å²) in [6, 6.07) is 14.4. The van der Waals surface area contributed by atoms with Crippen molar-refractivity contribution < 1.29 is 4.42 Å². The molecule has 0 spiro atoms. The molecule has 6 nitrogen and oxygen atoms in total. The van der Waals surface area contributed by atoms with Crippen molar-refractivity contribution in [1.29, 1.82) is 0 Å². The fraction of sp³-hybridized carbons (Fsp3) is 0.350. The lowest BCUT2D eigenvalue weighted by Gasteiger charge is -2.33. The SMILES string of the molecule is Cc1ccc(N2CCC[C@@H](NCc3coc(-c4ccccc4)n3)C2)nn1. The van der Waals surface area contributed by atoms with Gasteiger partial charge in [0.25, 0.3) is 0 Å². The Labute approximate surface area is 153 Å². The summed E-state index contributed by atoms with van der Waals surface area (Å²) in [4.78, 5) is 6.88. The van der Waals surface area contributed by atoms with Gasteiger partial charge in [0, 0.05) is 31.2 Å². The average molecular weight is 349 g/mol. The number of benzene rings is 1. The molecule has 1 atom stereocenters. The van der Waals surface area contributed by atoms with Crippen molar-refractivity contribution in [3.8, 4) is 11.5 Å². The Kier molecular flexibility index (Phi) is 4.93. The molecule has 2 aromatic heterocycles. The maximum Gasteiger partial charge on any atom is 0.226 e. The van der Waals surface area contributed by atoms with Crippen LogP contribution < -0.4 is 10.2 Å². The van der Waals surface area contributed by atoms with Crippen molar-refractivity contribution >= 4 is 5.82 Å². The number of nitrogens with one attached hydrogen (secondary N) is 1. The van der Waals surface area contributed by atoms with Gasteiger partial charge >= 0.3 is 0 Å². The van der Waals surface area contributed by atoms with Crippen molar-refractivity contribution in [3.63, 3.8) is 0 Å². The van der Waals surface area contributed by atoms with Crippen molar-refractivity contribution in [1.82, 2.24) is 20.5 Å². The van der Waals surface area contributed by atoms with E-state index in [0.29, 0.717) is 18.5 Å². The maximum atomic E-state index is 5.61. The zero-order valence-corrected chi connectivity index (χ0v) is 14.9. The summed E-state index contributed by atoms with van der Waals surface area (Å²) in [5.41, 5.74) is 2.87. The Morgan fingerprint density at radius 2 is 2.04 bits per heavy atom. The van der Waals surface area contributed by atoms with Gasteiger partial charge in [0.1, 0.15) is 6.26 Å². The first-order chi connectivity index (χ1) is 12.8. The predicted octanol–water partition coefficient (Wildman–Crippen LogP) is 3.20. The summed E-state index contributed by atoms with van der Waals surface area (Å²) in [5.74, 6) is 1.62. The minimum atomic E-state index is 0.406. The van der Waals surface area contributed by atoms with Crippen molar-refractivity contribution in [2.24, 2.45) is 0 Å². The van der Waals surface area contributed by atoms with Crippen LogP contribution in [0.2, 0.25) is 0 Å². The molecule has 0 bridgehead atoms. The van der Waals surface area contributed by atoms with Gasteiger partial charge in [-0.25, -0.2) is 4.98 Å². The summed E-state index contributed by atoms with van der Waals surface area (Å²) in [6.45, 7) is 4.62. The Balaban J connectivity index is 1.34. The van der Waals surface area contributed by atoms with Gasteiger partial charge in [0.05, 0.1) is 11.4 Å². The minimum absolute atomic E-state index is 0.406. The number of oxazole rings is 1. The smallest absolute Gasteiger partial charge is 0.226 e. The largest absolute Gasteiger partial charge is 0.444 e. The molecule has 0 saturated carbocycles. The highest BCUT2D eigenvalue weighted by Gasteiger charge is 2.21. The highest BCUT2D eigenvalue weighted by atomic mass is 16.3. The van der Waals surface area contributed by atoms with Gasteiger partial charge in [-0.1, -0.05) is 18.2 Å². The molecule has 1 aliphatic rings. The van der Waals surface area contributed by atoms with Gasteiger partial charge in [-0.3, -0.25) is 0 Å². The quantitative estimate of drug-likeness (QED) is 0.763. The van der Waals surface area contributed by atoms with Gasteiger partial charge in [-0.2, -0.15) is 5.10 Å². The monoisotopic (exact) mass is 349 g/mol. The molecular formula is C20H23N5O. The topological polar surface area (TPSA) is 67.1 Å². The third-order valence-electron chi connectivity index (χ3n) is 4.67. The average Bonchev–Trinajstić information content (AvgIpc) is 3.17. The predicted molar refractivity (Wildman–Crippen MR) is 101 cm³/mol. The van der Waals surface area contributed by atoms with E-state index in [1.54, 1.807) is 6.26 Å². The number of piperidine rings is 1. The fourth-order valence-electron chi connectivity index (χ4n) is 3.26. The lowest BCUT2D eigenvalue weighted by Crippen LogP contribution is -2.45.